The second-order valence-corrected chi connectivity index (χ2v) is 5.80. The molecule has 0 unspecified atom stereocenters. The minimum absolute atomic E-state index is 1.30. The average molecular weight is 260 g/mol. The zero-order valence-electron chi connectivity index (χ0n) is 12.6. The number of benzene rings is 2. The molecule has 0 atom stereocenters. The fraction of sp³-hybridized carbons (Fsp3) is 0.200. The van der Waals surface area contributed by atoms with Gasteiger partial charge in [-0.05, 0) is 72.2 Å². The summed E-state index contributed by atoms with van der Waals surface area (Å²) in [6, 6.07) is 9.10. The SMILES string of the molecule is Cc1cc2c(cc1C)/C=C\c1cc(C)c(C)cc1C=C2. The van der Waals surface area contributed by atoms with Crippen LogP contribution in [-0.4, -0.2) is 0 Å². The quantitative estimate of drug-likeness (QED) is 0.495. The predicted octanol–water partition coefficient (Wildman–Crippen LogP) is 5.57. The van der Waals surface area contributed by atoms with E-state index in [4.69, 9.17) is 0 Å². The lowest BCUT2D eigenvalue weighted by atomic mass is 9.93. The Kier molecular flexibility index (Phi) is 3.10. The van der Waals surface area contributed by atoms with Crippen molar-refractivity contribution in [2.45, 2.75) is 27.7 Å². The molecule has 0 bridgehead atoms. The summed E-state index contributed by atoms with van der Waals surface area (Å²) in [6.45, 7) is 8.70. The highest BCUT2D eigenvalue weighted by Crippen LogP contribution is 2.26. The van der Waals surface area contributed by atoms with Crippen LogP contribution in [-0.2, 0) is 0 Å². The lowest BCUT2D eigenvalue weighted by molar-refractivity contribution is 1.32. The molecule has 0 aromatic heterocycles. The monoisotopic (exact) mass is 260 g/mol. The van der Waals surface area contributed by atoms with Crippen LogP contribution in [0.1, 0.15) is 44.5 Å². The van der Waals surface area contributed by atoms with E-state index in [2.05, 4.69) is 76.3 Å². The van der Waals surface area contributed by atoms with Crippen LogP contribution < -0.4 is 0 Å². The van der Waals surface area contributed by atoms with E-state index in [1.165, 1.54) is 44.5 Å². The number of hydrogen-bond acceptors (Lipinski definition) is 0. The zero-order chi connectivity index (χ0) is 14.3. The fourth-order valence-electron chi connectivity index (χ4n) is 2.66. The molecule has 2 aromatic rings. The first-order valence-electron chi connectivity index (χ1n) is 7.13. The molecular weight excluding hydrogens is 240 g/mol. The van der Waals surface area contributed by atoms with Crippen molar-refractivity contribution >= 4 is 24.3 Å². The minimum Gasteiger partial charge on any atom is -0.0538 e. The summed E-state index contributed by atoms with van der Waals surface area (Å²) in [4.78, 5) is 0. The molecule has 3 rings (SSSR count). The van der Waals surface area contributed by atoms with Gasteiger partial charge in [0.15, 0.2) is 0 Å². The summed E-state index contributed by atoms with van der Waals surface area (Å²) in [7, 11) is 0. The molecule has 0 N–H and O–H groups in total. The van der Waals surface area contributed by atoms with Crippen LogP contribution in [0.5, 0.6) is 0 Å². The van der Waals surface area contributed by atoms with Crippen molar-refractivity contribution in [3.05, 3.63) is 68.8 Å². The van der Waals surface area contributed by atoms with Crippen LogP contribution in [0, 0.1) is 27.7 Å². The highest BCUT2D eigenvalue weighted by atomic mass is 14.1. The van der Waals surface area contributed by atoms with Gasteiger partial charge in [-0.15, -0.1) is 0 Å². The van der Waals surface area contributed by atoms with Gasteiger partial charge in [-0.1, -0.05) is 48.6 Å². The molecule has 0 radical (unpaired) electrons. The summed E-state index contributed by atoms with van der Waals surface area (Å²) >= 11 is 0. The second kappa shape index (κ2) is 4.79. The molecule has 0 spiro atoms. The molecule has 2 aromatic carbocycles. The largest absolute Gasteiger partial charge is 0.0538 e. The third-order valence-electron chi connectivity index (χ3n) is 4.28. The van der Waals surface area contributed by atoms with Gasteiger partial charge in [0.2, 0.25) is 0 Å². The van der Waals surface area contributed by atoms with Gasteiger partial charge in [-0.25, -0.2) is 0 Å². The van der Waals surface area contributed by atoms with E-state index in [1.807, 2.05) is 0 Å². The van der Waals surface area contributed by atoms with Crippen LogP contribution in [0.4, 0.5) is 0 Å². The van der Waals surface area contributed by atoms with E-state index in [9.17, 15) is 0 Å². The first-order chi connectivity index (χ1) is 9.54. The zero-order valence-corrected chi connectivity index (χ0v) is 12.6. The van der Waals surface area contributed by atoms with Gasteiger partial charge in [-0.3, -0.25) is 0 Å². The topological polar surface area (TPSA) is 0 Å². The van der Waals surface area contributed by atoms with Gasteiger partial charge in [0.25, 0.3) is 0 Å². The van der Waals surface area contributed by atoms with Gasteiger partial charge in [0.05, 0.1) is 0 Å². The number of hydrogen-bond donors (Lipinski definition) is 0. The molecule has 0 saturated carbocycles. The Bertz CT molecular complexity index is 616. The van der Waals surface area contributed by atoms with Crippen LogP contribution in [0.15, 0.2) is 24.3 Å². The molecule has 0 saturated heterocycles. The van der Waals surface area contributed by atoms with Crippen LogP contribution in [0.2, 0.25) is 0 Å². The van der Waals surface area contributed by atoms with E-state index in [0.717, 1.165) is 0 Å². The lowest BCUT2D eigenvalue weighted by Crippen LogP contribution is -1.92. The minimum atomic E-state index is 1.30. The number of rotatable bonds is 0. The van der Waals surface area contributed by atoms with Gasteiger partial charge in [0, 0.05) is 0 Å². The molecule has 1 aliphatic carbocycles. The summed E-state index contributed by atoms with van der Waals surface area (Å²) in [5, 5.41) is 0. The Morgan fingerprint density at radius 1 is 0.400 bits per heavy atom. The maximum Gasteiger partial charge on any atom is -0.0181 e. The van der Waals surface area contributed by atoms with Crippen molar-refractivity contribution in [2.24, 2.45) is 0 Å². The maximum atomic E-state index is 2.28. The van der Waals surface area contributed by atoms with E-state index in [-0.39, 0.29) is 0 Å². The summed E-state index contributed by atoms with van der Waals surface area (Å²) in [5.74, 6) is 0. The normalized spacial score (nSPS) is 14.2. The van der Waals surface area contributed by atoms with Gasteiger partial charge < -0.3 is 0 Å². The Balaban J connectivity index is 2.18. The van der Waals surface area contributed by atoms with Crippen molar-refractivity contribution in [1.82, 2.24) is 0 Å². The highest BCUT2D eigenvalue weighted by Gasteiger charge is 2.06. The van der Waals surface area contributed by atoms with Crippen LogP contribution >= 0.6 is 0 Å². The third kappa shape index (κ3) is 2.22. The molecule has 0 amide bonds. The maximum absolute atomic E-state index is 2.28. The highest BCUT2D eigenvalue weighted by molar-refractivity contribution is 5.86. The van der Waals surface area contributed by atoms with Crippen molar-refractivity contribution < 1.29 is 0 Å². The fourth-order valence-corrected chi connectivity index (χ4v) is 2.66. The van der Waals surface area contributed by atoms with Crippen LogP contribution in [0.25, 0.3) is 24.3 Å². The Hall–Kier alpha value is -2.08. The third-order valence-corrected chi connectivity index (χ3v) is 4.28. The van der Waals surface area contributed by atoms with E-state index >= 15 is 0 Å². The average Bonchev–Trinajstić information content (AvgIpc) is 2.40. The summed E-state index contributed by atoms with van der Waals surface area (Å²) in [6.07, 6.45) is 8.94. The second-order valence-electron chi connectivity index (χ2n) is 5.80. The van der Waals surface area contributed by atoms with E-state index in [1.54, 1.807) is 0 Å². The summed E-state index contributed by atoms with van der Waals surface area (Å²) in [5.41, 5.74) is 10.6. The van der Waals surface area contributed by atoms with Gasteiger partial charge in [0.1, 0.15) is 0 Å². The van der Waals surface area contributed by atoms with E-state index in [0.29, 0.717) is 0 Å². The molecular formula is C20H20. The van der Waals surface area contributed by atoms with Crippen LogP contribution in [0.3, 0.4) is 0 Å². The molecule has 0 nitrogen and oxygen atoms in total. The van der Waals surface area contributed by atoms with Crippen molar-refractivity contribution in [1.29, 1.82) is 0 Å². The Morgan fingerprint density at radius 3 is 0.800 bits per heavy atom. The first kappa shape index (κ1) is 12.9. The Labute approximate surface area is 121 Å². The molecule has 1 aliphatic rings. The number of fused-ring (bicyclic) bond motifs is 2. The first-order valence-corrected chi connectivity index (χ1v) is 7.13. The molecule has 0 aliphatic heterocycles. The summed E-state index contributed by atoms with van der Waals surface area (Å²) < 4.78 is 0. The molecule has 0 heteroatoms. The van der Waals surface area contributed by atoms with Gasteiger partial charge in [-0.2, -0.15) is 0 Å². The molecule has 0 heterocycles. The van der Waals surface area contributed by atoms with Gasteiger partial charge >= 0.3 is 0 Å². The molecule has 100 valence electrons. The molecule has 0 fully saturated rings. The smallest absolute Gasteiger partial charge is 0.0181 e. The predicted molar refractivity (Wildman–Crippen MR) is 89.7 cm³/mol. The Morgan fingerprint density at radius 2 is 0.600 bits per heavy atom. The standard InChI is InChI=1S/C20H20/c1-13-9-17-5-6-19-11-15(3)16(4)12-20(19)8-7-18(17)10-14(13)2/h5-12H,1-4H3/b6-5-,8-7?,17-5?,18-7?,19-6?,20-8?. The van der Waals surface area contributed by atoms with Crippen molar-refractivity contribution in [2.75, 3.05) is 0 Å². The van der Waals surface area contributed by atoms with Crippen molar-refractivity contribution in [3.8, 4) is 0 Å². The lowest BCUT2D eigenvalue weighted by Gasteiger charge is -2.12. The van der Waals surface area contributed by atoms with E-state index < -0.39 is 0 Å². The van der Waals surface area contributed by atoms with Crippen molar-refractivity contribution in [3.63, 3.8) is 0 Å². The number of aryl methyl sites for hydroxylation is 4. The molecule has 20 heavy (non-hydrogen) atoms.